The van der Waals surface area contributed by atoms with Gasteiger partial charge in [-0.05, 0) is 13.8 Å². The molecule has 0 aromatic rings. The van der Waals surface area contributed by atoms with Gasteiger partial charge in [0, 0.05) is 5.54 Å². The molecule has 0 aromatic heterocycles. The number of rotatable bonds is 4. The quantitative estimate of drug-likeness (QED) is 0.760. The predicted octanol–water partition coefficient (Wildman–Crippen LogP) is 1.31. The van der Waals surface area contributed by atoms with E-state index in [-0.39, 0.29) is 0 Å². The van der Waals surface area contributed by atoms with E-state index < -0.39 is 36.4 Å². The van der Waals surface area contributed by atoms with Gasteiger partial charge in [0.15, 0.2) is 0 Å². The lowest BCUT2D eigenvalue weighted by Gasteiger charge is -2.24. The monoisotopic (exact) mass is 227 g/mol. The van der Waals surface area contributed by atoms with E-state index in [1.807, 2.05) is 5.32 Å². The highest BCUT2D eigenvalue weighted by Gasteiger charge is 2.33. The van der Waals surface area contributed by atoms with Crippen LogP contribution >= 0.6 is 0 Å². The molecule has 0 aromatic carbocycles. The Morgan fingerprint density at radius 2 is 1.67 bits per heavy atom. The van der Waals surface area contributed by atoms with Crippen LogP contribution in [0.2, 0.25) is 0 Å². The van der Waals surface area contributed by atoms with Gasteiger partial charge in [0.05, 0.1) is 6.42 Å². The van der Waals surface area contributed by atoms with Crippen molar-refractivity contribution in [3.63, 3.8) is 0 Å². The highest BCUT2D eigenvalue weighted by molar-refractivity contribution is 5.78. The molecule has 0 saturated carbocycles. The molecule has 15 heavy (non-hydrogen) atoms. The minimum Gasteiger partial charge on any atom is -0.481 e. The first kappa shape index (κ1) is 13.7. The zero-order valence-corrected chi connectivity index (χ0v) is 8.31. The summed E-state index contributed by atoms with van der Waals surface area (Å²) in [5.41, 5.74) is -1.19. The molecular weight excluding hydrogens is 215 g/mol. The van der Waals surface area contributed by atoms with E-state index in [2.05, 4.69) is 0 Å². The molecule has 0 heterocycles. The summed E-state index contributed by atoms with van der Waals surface area (Å²) in [5, 5.41) is 10.4. The summed E-state index contributed by atoms with van der Waals surface area (Å²) in [6, 6.07) is 0. The maximum atomic E-state index is 11.8. The third kappa shape index (κ3) is 7.77. The summed E-state index contributed by atoms with van der Waals surface area (Å²) < 4.78 is 35.3. The Hall–Kier alpha value is -1.27. The molecule has 0 unspecified atom stereocenters. The van der Waals surface area contributed by atoms with E-state index >= 15 is 0 Å². The highest BCUT2D eigenvalue weighted by Crippen LogP contribution is 2.20. The third-order valence-electron chi connectivity index (χ3n) is 1.43. The van der Waals surface area contributed by atoms with Crippen LogP contribution in [-0.4, -0.2) is 28.7 Å². The molecule has 1 amide bonds. The van der Waals surface area contributed by atoms with E-state index in [0.29, 0.717) is 0 Å². The molecule has 0 aliphatic heterocycles. The Morgan fingerprint density at radius 3 is 2.00 bits per heavy atom. The van der Waals surface area contributed by atoms with E-state index in [0.717, 1.165) is 0 Å². The van der Waals surface area contributed by atoms with Gasteiger partial charge in [-0.1, -0.05) is 0 Å². The van der Waals surface area contributed by atoms with Crippen LogP contribution in [0.25, 0.3) is 0 Å². The first-order chi connectivity index (χ1) is 6.52. The summed E-state index contributed by atoms with van der Waals surface area (Å²) in [5.74, 6) is -2.42. The minimum absolute atomic E-state index is 0.434. The number of hydrogen-bond acceptors (Lipinski definition) is 2. The Balaban J connectivity index is 4.22. The molecule has 2 N–H and O–H groups in total. The minimum atomic E-state index is -4.58. The van der Waals surface area contributed by atoms with Gasteiger partial charge in [-0.3, -0.25) is 9.59 Å². The van der Waals surface area contributed by atoms with E-state index in [1.165, 1.54) is 13.8 Å². The molecule has 0 bridgehead atoms. The second kappa shape index (κ2) is 4.50. The maximum Gasteiger partial charge on any atom is 0.397 e. The molecule has 7 heteroatoms. The number of hydrogen-bond donors (Lipinski definition) is 2. The van der Waals surface area contributed by atoms with E-state index in [9.17, 15) is 22.8 Å². The van der Waals surface area contributed by atoms with Crippen LogP contribution in [0.5, 0.6) is 0 Å². The van der Waals surface area contributed by atoms with Gasteiger partial charge in [0.25, 0.3) is 0 Å². The number of carboxylic acid groups (broad SMARTS) is 1. The first-order valence-electron chi connectivity index (χ1n) is 4.11. The largest absolute Gasteiger partial charge is 0.481 e. The SMILES string of the molecule is CC(C)(CC(=O)O)NC(=O)CC(F)(F)F. The Morgan fingerprint density at radius 1 is 1.20 bits per heavy atom. The van der Waals surface area contributed by atoms with Crippen molar-refractivity contribution in [3.05, 3.63) is 0 Å². The fourth-order valence-electron chi connectivity index (χ4n) is 1.03. The normalized spacial score (nSPS) is 12.3. The van der Waals surface area contributed by atoms with Crippen LogP contribution in [0, 0.1) is 0 Å². The van der Waals surface area contributed by atoms with Crippen LogP contribution < -0.4 is 5.32 Å². The van der Waals surface area contributed by atoms with Gasteiger partial charge in [-0.15, -0.1) is 0 Å². The van der Waals surface area contributed by atoms with Gasteiger partial charge < -0.3 is 10.4 Å². The van der Waals surface area contributed by atoms with E-state index in [1.54, 1.807) is 0 Å². The topological polar surface area (TPSA) is 66.4 Å². The summed E-state index contributed by atoms with van der Waals surface area (Å²) in [6.07, 6.45) is -6.62. The van der Waals surface area contributed by atoms with Crippen molar-refractivity contribution in [1.29, 1.82) is 0 Å². The lowest BCUT2D eigenvalue weighted by atomic mass is 10.0. The zero-order chi connectivity index (χ0) is 12.3. The number of halogens is 3. The van der Waals surface area contributed by atoms with E-state index in [4.69, 9.17) is 5.11 Å². The summed E-state index contributed by atoms with van der Waals surface area (Å²) in [6.45, 7) is 2.69. The zero-order valence-electron chi connectivity index (χ0n) is 8.31. The molecule has 0 rings (SSSR count). The van der Waals surface area contributed by atoms with Gasteiger partial charge >= 0.3 is 12.1 Å². The standard InChI is InChI=1S/C8H12F3NO3/c1-7(2,4-6(14)15)12-5(13)3-8(9,10)11/h3-4H2,1-2H3,(H,12,13)(H,14,15). The first-order valence-corrected chi connectivity index (χ1v) is 4.11. The number of aliphatic carboxylic acids is 1. The second-order valence-electron chi connectivity index (χ2n) is 3.79. The van der Waals surface area contributed by atoms with Crippen LogP contribution in [-0.2, 0) is 9.59 Å². The smallest absolute Gasteiger partial charge is 0.397 e. The van der Waals surface area contributed by atoms with Gasteiger partial charge in [0.1, 0.15) is 6.42 Å². The summed E-state index contributed by atoms with van der Waals surface area (Å²) in [4.78, 5) is 21.1. The molecule has 0 fully saturated rings. The Labute approximate surface area is 84.5 Å². The number of nitrogens with one attached hydrogen (secondary N) is 1. The van der Waals surface area contributed by atoms with Crippen molar-refractivity contribution in [2.45, 2.75) is 38.4 Å². The molecule has 0 atom stereocenters. The molecule has 0 radical (unpaired) electrons. The molecule has 0 aliphatic rings. The molecule has 0 saturated heterocycles. The van der Waals surface area contributed by atoms with Crippen molar-refractivity contribution < 1.29 is 27.9 Å². The van der Waals surface area contributed by atoms with Gasteiger partial charge in [-0.2, -0.15) is 13.2 Å². The summed E-state index contributed by atoms with van der Waals surface area (Å²) >= 11 is 0. The lowest BCUT2D eigenvalue weighted by Crippen LogP contribution is -2.46. The van der Waals surface area contributed by atoms with Crippen molar-refractivity contribution >= 4 is 11.9 Å². The Kier molecular flexibility index (Phi) is 4.12. The van der Waals surface area contributed by atoms with Crippen molar-refractivity contribution in [1.82, 2.24) is 5.32 Å². The fraction of sp³-hybridized carbons (Fsp3) is 0.750. The lowest BCUT2D eigenvalue weighted by molar-refractivity contribution is -0.154. The van der Waals surface area contributed by atoms with Crippen molar-refractivity contribution in [3.8, 4) is 0 Å². The van der Waals surface area contributed by atoms with Gasteiger partial charge in [0.2, 0.25) is 5.91 Å². The molecule has 0 aliphatic carbocycles. The molecular formula is C8H12F3NO3. The van der Waals surface area contributed by atoms with Crippen LogP contribution in [0.3, 0.4) is 0 Å². The number of amides is 1. The van der Waals surface area contributed by atoms with Crippen LogP contribution in [0.4, 0.5) is 13.2 Å². The molecule has 0 spiro atoms. The Bertz CT molecular complexity index is 260. The number of carbonyl (C=O) groups is 2. The predicted molar refractivity (Wildman–Crippen MR) is 45.1 cm³/mol. The maximum absolute atomic E-state index is 11.8. The number of carboxylic acids is 1. The second-order valence-corrected chi connectivity index (χ2v) is 3.79. The molecule has 4 nitrogen and oxygen atoms in total. The van der Waals surface area contributed by atoms with Crippen LogP contribution in [0.1, 0.15) is 26.7 Å². The van der Waals surface area contributed by atoms with Gasteiger partial charge in [-0.25, -0.2) is 0 Å². The number of alkyl halides is 3. The molecule has 88 valence electrons. The van der Waals surface area contributed by atoms with Crippen LogP contribution in [0.15, 0.2) is 0 Å². The summed E-state index contributed by atoms with van der Waals surface area (Å²) in [7, 11) is 0. The highest BCUT2D eigenvalue weighted by atomic mass is 19.4. The third-order valence-corrected chi connectivity index (χ3v) is 1.43. The average molecular weight is 227 g/mol. The fourth-order valence-corrected chi connectivity index (χ4v) is 1.03. The van der Waals surface area contributed by atoms with Crippen molar-refractivity contribution in [2.75, 3.05) is 0 Å². The average Bonchev–Trinajstić information content (AvgIpc) is 1.73. The van der Waals surface area contributed by atoms with Crippen molar-refractivity contribution in [2.24, 2.45) is 0 Å². The number of carbonyl (C=O) groups excluding carboxylic acids is 1.